The van der Waals surface area contributed by atoms with Gasteiger partial charge in [0.15, 0.2) is 11.4 Å². The molecule has 1 amide bonds. The van der Waals surface area contributed by atoms with E-state index in [1.54, 1.807) is 12.1 Å². The number of likely N-dealkylation sites (tertiary alicyclic amines) is 1. The predicted octanol–water partition coefficient (Wildman–Crippen LogP) is 9.92. The van der Waals surface area contributed by atoms with Crippen molar-refractivity contribution in [2.45, 2.75) is 81.3 Å². The molecule has 3 aliphatic heterocycles. The first kappa shape index (κ1) is 43.3. The van der Waals surface area contributed by atoms with Gasteiger partial charge in [-0.15, -0.1) is 0 Å². The van der Waals surface area contributed by atoms with Gasteiger partial charge in [-0.2, -0.15) is 0 Å². The fourth-order valence-electron chi connectivity index (χ4n) is 10.5. The lowest BCUT2D eigenvalue weighted by molar-refractivity contribution is -0.384. The summed E-state index contributed by atoms with van der Waals surface area (Å²) in [5, 5.41) is 15.5. The van der Waals surface area contributed by atoms with Crippen molar-refractivity contribution >= 4 is 44.0 Å². The number of H-pyrrole nitrogens is 1. The SMILES string of the molecule is CC(C)c1ccccc1[C@@H]1CCCN1C1CC2(CCN(c3ccc(C(=O)NS(=O)(=O)c4cc5c(c([N+](=O)[O-])c4)N[C@@H](c4ccc(F)cc4)CO5)c(Oc4cnc5[nH]cc(F)c5c4)c3)CC2)C1. The van der Waals surface area contributed by atoms with E-state index in [-0.39, 0.29) is 45.9 Å². The minimum atomic E-state index is -4.75. The zero-order valence-electron chi connectivity index (χ0n) is 36.4. The van der Waals surface area contributed by atoms with Gasteiger partial charge < -0.3 is 24.7 Å². The number of carbonyl (C=O) groups is 1. The number of anilines is 2. The van der Waals surface area contributed by atoms with E-state index in [9.17, 15) is 32.1 Å². The zero-order valence-corrected chi connectivity index (χ0v) is 37.2. The van der Waals surface area contributed by atoms with Crippen molar-refractivity contribution in [2.24, 2.45) is 5.41 Å². The third-order valence-corrected chi connectivity index (χ3v) is 15.3. The fraction of sp³-hybridized carbons (Fsp3) is 0.347. The van der Waals surface area contributed by atoms with E-state index in [4.69, 9.17) is 9.47 Å². The molecule has 17 heteroatoms. The van der Waals surface area contributed by atoms with Crippen LogP contribution in [0.3, 0.4) is 0 Å². The van der Waals surface area contributed by atoms with Crippen LogP contribution in [0.15, 0.2) is 102 Å². The Morgan fingerprint density at radius 1 is 1.02 bits per heavy atom. The Morgan fingerprint density at radius 3 is 2.55 bits per heavy atom. The van der Waals surface area contributed by atoms with Gasteiger partial charge in [-0.05, 0) is 103 Å². The topological polar surface area (TPSA) is 172 Å². The molecule has 342 valence electrons. The Morgan fingerprint density at radius 2 is 1.79 bits per heavy atom. The average Bonchev–Trinajstić information content (AvgIpc) is 3.94. The summed E-state index contributed by atoms with van der Waals surface area (Å²) in [5.74, 6) is -1.60. The van der Waals surface area contributed by atoms with E-state index in [0.717, 1.165) is 63.1 Å². The van der Waals surface area contributed by atoms with Crippen LogP contribution in [-0.2, 0) is 10.0 Å². The third-order valence-electron chi connectivity index (χ3n) is 13.9. The molecule has 1 saturated carbocycles. The Bertz CT molecular complexity index is 2970. The maximum atomic E-state index is 14.6. The number of pyridine rings is 1. The average molecular weight is 918 g/mol. The van der Waals surface area contributed by atoms with Crippen LogP contribution in [0, 0.1) is 27.2 Å². The van der Waals surface area contributed by atoms with Crippen molar-refractivity contribution in [1.29, 1.82) is 0 Å². The smallest absolute Gasteiger partial charge is 0.297 e. The number of benzene rings is 4. The zero-order chi connectivity index (χ0) is 45.9. The van der Waals surface area contributed by atoms with Crippen LogP contribution in [0.4, 0.5) is 25.8 Å². The summed E-state index contributed by atoms with van der Waals surface area (Å²) in [6.45, 7) is 7.15. The summed E-state index contributed by atoms with van der Waals surface area (Å²) in [7, 11) is -4.75. The van der Waals surface area contributed by atoms with Crippen LogP contribution in [0.25, 0.3) is 11.0 Å². The van der Waals surface area contributed by atoms with Crippen molar-refractivity contribution in [1.82, 2.24) is 19.6 Å². The number of piperidine rings is 1. The van der Waals surface area contributed by atoms with Crippen molar-refractivity contribution in [3.8, 4) is 17.2 Å². The summed E-state index contributed by atoms with van der Waals surface area (Å²) >= 11 is 0. The number of fused-ring (bicyclic) bond motifs is 2. The molecule has 1 spiro atoms. The first-order chi connectivity index (χ1) is 31.7. The van der Waals surface area contributed by atoms with Gasteiger partial charge in [0.2, 0.25) is 0 Å². The van der Waals surface area contributed by atoms with Crippen LogP contribution in [0.1, 0.15) is 97.4 Å². The number of nitrogens with zero attached hydrogens (tertiary/aromatic N) is 4. The van der Waals surface area contributed by atoms with Crippen molar-refractivity contribution < 1.29 is 36.4 Å². The molecular formula is C49H49F2N7O7S. The number of hydrogen-bond acceptors (Lipinski definition) is 11. The Balaban J connectivity index is 0.874. The molecule has 2 saturated heterocycles. The second kappa shape index (κ2) is 17.0. The first-order valence-electron chi connectivity index (χ1n) is 22.3. The number of nitro groups is 1. The van der Waals surface area contributed by atoms with E-state index in [2.05, 4.69) is 67.9 Å². The molecule has 2 atom stereocenters. The van der Waals surface area contributed by atoms with E-state index < -0.39 is 49.1 Å². The van der Waals surface area contributed by atoms with Crippen LogP contribution in [0.2, 0.25) is 0 Å². The second-order valence-corrected chi connectivity index (χ2v) is 20.0. The Hall–Kier alpha value is -6.59. The molecule has 4 aromatic carbocycles. The van der Waals surface area contributed by atoms with Gasteiger partial charge in [0.1, 0.15) is 35.4 Å². The van der Waals surface area contributed by atoms with E-state index in [1.165, 1.54) is 72.8 Å². The quantitative estimate of drug-likeness (QED) is 0.0835. The molecular weight excluding hydrogens is 869 g/mol. The first-order valence-corrected chi connectivity index (χ1v) is 23.8. The number of halogens is 2. The van der Waals surface area contributed by atoms with Gasteiger partial charge in [-0.1, -0.05) is 50.2 Å². The maximum absolute atomic E-state index is 14.6. The molecule has 4 aliphatic rings. The summed E-state index contributed by atoms with van der Waals surface area (Å²) in [5.41, 5.74) is 3.99. The van der Waals surface area contributed by atoms with Crippen LogP contribution < -0.4 is 24.4 Å². The predicted molar refractivity (Wildman–Crippen MR) is 245 cm³/mol. The molecule has 10 rings (SSSR count). The highest BCUT2D eigenvalue weighted by Crippen LogP contribution is 2.54. The van der Waals surface area contributed by atoms with Crippen LogP contribution in [-0.4, -0.2) is 66.4 Å². The standard InChI is InChI=1S/C49H49F2N7O7S/c1-29(2)36-6-3-4-7-37(36)42-8-5-17-57(42)33-24-49(25-33)15-18-56(19-16-49)32-13-14-38(44(20-32)65-34-21-39-40(51)27-53-47(39)52-26-34)48(59)55-66(62,63)35-22-43(58(60)61)46-45(23-35)64-28-41(54-46)30-9-11-31(50)12-10-30/h3-4,6-7,9-14,20-23,26-27,29,33,41-42,54H,5,8,15-19,24-25,28H2,1-2H3,(H,52,53)(H,55,59)/t41-,42+/m1/s1. The maximum Gasteiger partial charge on any atom is 0.297 e. The number of nitro benzene ring substituents is 1. The fourth-order valence-corrected chi connectivity index (χ4v) is 11.5. The molecule has 14 nitrogen and oxygen atoms in total. The number of carbonyl (C=O) groups excluding carboxylic acids is 1. The molecule has 66 heavy (non-hydrogen) atoms. The molecule has 3 N–H and O–H groups in total. The molecule has 5 heterocycles. The number of amides is 1. The molecule has 1 aliphatic carbocycles. The van der Waals surface area contributed by atoms with Gasteiger partial charge in [0, 0.05) is 55.3 Å². The minimum Gasteiger partial charge on any atom is -0.489 e. The van der Waals surface area contributed by atoms with E-state index >= 15 is 0 Å². The highest BCUT2D eigenvalue weighted by molar-refractivity contribution is 7.90. The molecule has 0 unspecified atom stereocenters. The lowest BCUT2D eigenvalue weighted by Gasteiger charge is -2.56. The van der Waals surface area contributed by atoms with Gasteiger partial charge in [-0.3, -0.25) is 19.8 Å². The highest BCUT2D eigenvalue weighted by atomic mass is 32.2. The number of ether oxygens (including phenoxy) is 2. The number of aromatic nitrogens is 2. The van der Waals surface area contributed by atoms with Crippen molar-refractivity contribution in [3.63, 3.8) is 0 Å². The molecule has 0 radical (unpaired) electrons. The van der Waals surface area contributed by atoms with Gasteiger partial charge in [0.05, 0.1) is 33.0 Å². The molecule has 6 aromatic rings. The van der Waals surface area contributed by atoms with E-state index in [0.29, 0.717) is 29.2 Å². The molecule has 2 aromatic heterocycles. The van der Waals surface area contributed by atoms with Gasteiger partial charge in [-0.25, -0.2) is 26.9 Å². The number of hydrogen-bond donors (Lipinski definition) is 3. The Kier molecular flexibility index (Phi) is 11.2. The lowest BCUT2D eigenvalue weighted by atomic mass is 9.59. The molecule has 0 bridgehead atoms. The number of rotatable bonds is 11. The van der Waals surface area contributed by atoms with Crippen molar-refractivity contribution in [3.05, 3.63) is 141 Å². The van der Waals surface area contributed by atoms with E-state index in [1.807, 2.05) is 0 Å². The lowest BCUT2D eigenvalue weighted by Crippen LogP contribution is -2.54. The largest absolute Gasteiger partial charge is 0.489 e. The van der Waals surface area contributed by atoms with Crippen LogP contribution in [0.5, 0.6) is 17.2 Å². The second-order valence-electron chi connectivity index (χ2n) is 18.3. The third kappa shape index (κ3) is 8.18. The summed E-state index contributed by atoms with van der Waals surface area (Å²) in [4.78, 5) is 37.0. The van der Waals surface area contributed by atoms with Gasteiger partial charge in [0.25, 0.3) is 21.6 Å². The highest BCUT2D eigenvalue weighted by Gasteiger charge is 2.50. The normalized spacial score (nSPS) is 19.6. The monoisotopic (exact) mass is 917 g/mol. The summed E-state index contributed by atoms with van der Waals surface area (Å²) in [6.07, 6.45) is 9.22. The Labute approximate surface area is 380 Å². The summed E-state index contributed by atoms with van der Waals surface area (Å²) < 4.78 is 70.1. The summed E-state index contributed by atoms with van der Waals surface area (Å²) in [6, 6.07) is 23.1. The minimum absolute atomic E-state index is 0.00108. The van der Waals surface area contributed by atoms with Crippen molar-refractivity contribution in [2.75, 3.05) is 36.5 Å². The number of nitrogens with one attached hydrogen (secondary N) is 3. The number of aromatic amines is 1. The number of sulfonamides is 1. The van der Waals surface area contributed by atoms with Gasteiger partial charge >= 0.3 is 0 Å². The van der Waals surface area contributed by atoms with Crippen LogP contribution >= 0.6 is 0 Å². The molecule has 3 fully saturated rings.